The summed E-state index contributed by atoms with van der Waals surface area (Å²) < 4.78 is 10.4. The predicted octanol–water partition coefficient (Wildman–Crippen LogP) is 5.07. The van der Waals surface area contributed by atoms with Gasteiger partial charge in [-0.3, -0.25) is 0 Å². The maximum absolute atomic E-state index is 9.41. The SMILES string of the molecule is COc1ccc(C(C#N)=Cc2ccc(Cl)c(Cl)c2)cc1OC. The van der Waals surface area contributed by atoms with Gasteiger partial charge in [-0.25, -0.2) is 0 Å². The van der Waals surface area contributed by atoms with Crippen LogP contribution >= 0.6 is 23.2 Å². The number of hydrogen-bond acceptors (Lipinski definition) is 3. The van der Waals surface area contributed by atoms with Crippen molar-refractivity contribution in [2.24, 2.45) is 0 Å². The zero-order valence-electron chi connectivity index (χ0n) is 12.1. The smallest absolute Gasteiger partial charge is 0.161 e. The largest absolute Gasteiger partial charge is 0.493 e. The van der Waals surface area contributed by atoms with Crippen molar-refractivity contribution in [2.75, 3.05) is 14.2 Å². The van der Waals surface area contributed by atoms with E-state index in [9.17, 15) is 5.26 Å². The van der Waals surface area contributed by atoms with E-state index in [0.717, 1.165) is 11.1 Å². The summed E-state index contributed by atoms with van der Waals surface area (Å²) in [6, 6.07) is 12.7. The second-order valence-corrected chi connectivity index (χ2v) is 5.23. The Kier molecular flexibility index (Phi) is 5.32. The summed E-state index contributed by atoms with van der Waals surface area (Å²) in [5, 5.41) is 10.3. The van der Waals surface area contributed by atoms with E-state index in [-0.39, 0.29) is 0 Å². The minimum Gasteiger partial charge on any atom is -0.493 e. The van der Waals surface area contributed by atoms with Crippen LogP contribution in [0.25, 0.3) is 11.6 Å². The van der Waals surface area contributed by atoms with Crippen molar-refractivity contribution in [1.82, 2.24) is 0 Å². The molecule has 2 rings (SSSR count). The molecule has 0 heterocycles. The highest BCUT2D eigenvalue weighted by Crippen LogP contribution is 2.31. The fourth-order valence-electron chi connectivity index (χ4n) is 1.95. The van der Waals surface area contributed by atoms with Crippen molar-refractivity contribution in [3.63, 3.8) is 0 Å². The zero-order valence-corrected chi connectivity index (χ0v) is 13.6. The predicted molar refractivity (Wildman–Crippen MR) is 89.5 cm³/mol. The third-order valence-corrected chi connectivity index (χ3v) is 3.81. The first-order valence-electron chi connectivity index (χ1n) is 6.38. The van der Waals surface area contributed by atoms with E-state index in [1.54, 1.807) is 56.7 Å². The summed E-state index contributed by atoms with van der Waals surface area (Å²) in [4.78, 5) is 0. The molecule has 0 fully saturated rings. The monoisotopic (exact) mass is 333 g/mol. The average molecular weight is 334 g/mol. The fraction of sp³-hybridized carbons (Fsp3) is 0.118. The summed E-state index contributed by atoms with van der Waals surface area (Å²) in [6.45, 7) is 0. The molecule has 0 radical (unpaired) electrons. The Labute approximate surface area is 139 Å². The maximum Gasteiger partial charge on any atom is 0.161 e. The molecular formula is C17H13Cl2NO2. The second kappa shape index (κ2) is 7.22. The van der Waals surface area contributed by atoms with Gasteiger partial charge in [0.25, 0.3) is 0 Å². The summed E-state index contributed by atoms with van der Waals surface area (Å²) in [5.74, 6) is 1.17. The lowest BCUT2D eigenvalue weighted by Gasteiger charge is -2.09. The Hall–Kier alpha value is -2.15. The normalized spacial score (nSPS) is 11.0. The topological polar surface area (TPSA) is 42.2 Å². The summed E-state index contributed by atoms with van der Waals surface area (Å²) in [7, 11) is 3.12. The summed E-state index contributed by atoms with van der Waals surface area (Å²) in [5.41, 5.74) is 2.01. The van der Waals surface area contributed by atoms with Gasteiger partial charge >= 0.3 is 0 Å². The van der Waals surface area contributed by atoms with E-state index < -0.39 is 0 Å². The van der Waals surface area contributed by atoms with E-state index in [1.165, 1.54) is 0 Å². The first-order valence-corrected chi connectivity index (χ1v) is 7.14. The number of nitrogens with zero attached hydrogens (tertiary/aromatic N) is 1. The Morgan fingerprint density at radius 1 is 1.00 bits per heavy atom. The number of nitriles is 1. The summed E-state index contributed by atoms with van der Waals surface area (Å²) in [6.07, 6.45) is 1.74. The lowest BCUT2D eigenvalue weighted by atomic mass is 10.0. The van der Waals surface area contributed by atoms with E-state index in [4.69, 9.17) is 32.7 Å². The molecule has 2 aromatic rings. The van der Waals surface area contributed by atoms with Crippen LogP contribution in [0.2, 0.25) is 10.0 Å². The molecule has 0 bridgehead atoms. The highest BCUT2D eigenvalue weighted by atomic mass is 35.5. The standard InChI is InChI=1S/C17H13Cl2NO2/c1-21-16-6-4-12(9-17(16)22-2)13(10-20)7-11-3-5-14(18)15(19)8-11/h3-9H,1-2H3. The van der Waals surface area contributed by atoms with Crippen molar-refractivity contribution in [1.29, 1.82) is 5.26 Å². The van der Waals surface area contributed by atoms with Crippen LogP contribution in [0.1, 0.15) is 11.1 Å². The lowest BCUT2D eigenvalue weighted by Crippen LogP contribution is -1.92. The van der Waals surface area contributed by atoms with Gasteiger partial charge in [0.1, 0.15) is 0 Å². The molecule has 22 heavy (non-hydrogen) atoms. The number of halogens is 2. The van der Waals surface area contributed by atoms with Crippen LogP contribution < -0.4 is 9.47 Å². The Morgan fingerprint density at radius 2 is 1.73 bits per heavy atom. The van der Waals surface area contributed by atoms with Gasteiger partial charge in [-0.15, -0.1) is 0 Å². The maximum atomic E-state index is 9.41. The number of rotatable bonds is 4. The Balaban J connectivity index is 2.45. The second-order valence-electron chi connectivity index (χ2n) is 4.41. The molecule has 2 aromatic carbocycles. The van der Waals surface area contributed by atoms with Crippen molar-refractivity contribution in [2.45, 2.75) is 0 Å². The average Bonchev–Trinajstić information content (AvgIpc) is 2.55. The molecule has 112 valence electrons. The van der Waals surface area contributed by atoms with Gasteiger partial charge in [-0.2, -0.15) is 5.26 Å². The van der Waals surface area contributed by atoms with Crippen molar-refractivity contribution >= 4 is 34.9 Å². The van der Waals surface area contributed by atoms with Crippen LogP contribution in [0.5, 0.6) is 11.5 Å². The number of allylic oxidation sites excluding steroid dienone is 1. The van der Waals surface area contributed by atoms with Crippen LogP contribution in [0.4, 0.5) is 0 Å². The number of methoxy groups -OCH3 is 2. The Morgan fingerprint density at radius 3 is 2.32 bits per heavy atom. The molecule has 3 nitrogen and oxygen atoms in total. The van der Waals surface area contributed by atoms with Gasteiger partial charge in [0.15, 0.2) is 11.5 Å². The molecular weight excluding hydrogens is 321 g/mol. The van der Waals surface area contributed by atoms with Gasteiger partial charge in [-0.05, 0) is 47.5 Å². The van der Waals surface area contributed by atoms with Gasteiger partial charge in [0.05, 0.1) is 35.9 Å². The van der Waals surface area contributed by atoms with Crippen molar-refractivity contribution in [3.8, 4) is 17.6 Å². The summed E-state index contributed by atoms with van der Waals surface area (Å²) >= 11 is 11.9. The van der Waals surface area contributed by atoms with Crippen LogP contribution in [-0.2, 0) is 0 Å². The number of benzene rings is 2. The lowest BCUT2D eigenvalue weighted by molar-refractivity contribution is 0.355. The first kappa shape index (κ1) is 16.2. The van der Waals surface area contributed by atoms with E-state index in [2.05, 4.69) is 6.07 Å². The van der Waals surface area contributed by atoms with Gasteiger partial charge < -0.3 is 9.47 Å². The van der Waals surface area contributed by atoms with Crippen LogP contribution in [0.3, 0.4) is 0 Å². The van der Waals surface area contributed by atoms with E-state index in [0.29, 0.717) is 27.1 Å². The molecule has 0 spiro atoms. The quantitative estimate of drug-likeness (QED) is 0.579. The highest BCUT2D eigenvalue weighted by molar-refractivity contribution is 6.42. The molecule has 5 heteroatoms. The molecule has 0 aliphatic rings. The fourth-order valence-corrected chi connectivity index (χ4v) is 2.26. The molecule has 0 amide bonds. The van der Waals surface area contributed by atoms with E-state index in [1.807, 2.05) is 0 Å². The number of hydrogen-bond donors (Lipinski definition) is 0. The molecule has 0 aliphatic heterocycles. The molecule has 0 atom stereocenters. The van der Waals surface area contributed by atoms with Crippen LogP contribution in [0.15, 0.2) is 36.4 Å². The first-order chi connectivity index (χ1) is 10.6. The van der Waals surface area contributed by atoms with E-state index >= 15 is 0 Å². The van der Waals surface area contributed by atoms with Gasteiger partial charge in [-0.1, -0.05) is 29.3 Å². The molecule has 0 saturated carbocycles. The molecule has 0 unspecified atom stereocenters. The molecule has 0 saturated heterocycles. The minimum absolute atomic E-state index is 0.444. The Bertz CT molecular complexity index is 764. The van der Waals surface area contributed by atoms with Crippen molar-refractivity contribution in [3.05, 3.63) is 57.6 Å². The third kappa shape index (κ3) is 3.54. The highest BCUT2D eigenvalue weighted by Gasteiger charge is 2.08. The molecule has 0 aromatic heterocycles. The van der Waals surface area contributed by atoms with Crippen molar-refractivity contribution < 1.29 is 9.47 Å². The molecule has 0 N–H and O–H groups in total. The van der Waals surface area contributed by atoms with Gasteiger partial charge in [0.2, 0.25) is 0 Å². The minimum atomic E-state index is 0.444. The van der Waals surface area contributed by atoms with Crippen LogP contribution in [-0.4, -0.2) is 14.2 Å². The van der Waals surface area contributed by atoms with Crippen LogP contribution in [0, 0.1) is 11.3 Å². The zero-order chi connectivity index (χ0) is 16.1. The third-order valence-electron chi connectivity index (χ3n) is 3.07. The number of ether oxygens (including phenoxy) is 2. The molecule has 0 aliphatic carbocycles. The van der Waals surface area contributed by atoms with Gasteiger partial charge in [0, 0.05) is 0 Å².